The number of nitrogens with zero attached hydrogens (tertiary/aromatic N) is 2. The van der Waals surface area contributed by atoms with Crippen LogP contribution < -0.4 is 4.90 Å². The van der Waals surface area contributed by atoms with Crippen LogP contribution in [0.5, 0.6) is 0 Å². The molecule has 0 aromatic heterocycles. The van der Waals surface area contributed by atoms with Gasteiger partial charge in [0.25, 0.3) is 0 Å². The lowest BCUT2D eigenvalue weighted by molar-refractivity contribution is -0.123. The Morgan fingerprint density at radius 2 is 1.53 bits per heavy atom. The van der Waals surface area contributed by atoms with Crippen molar-refractivity contribution < 1.29 is 14.4 Å². The third-order valence-electron chi connectivity index (χ3n) is 6.93. The molecule has 168 valence electrons. The quantitative estimate of drug-likeness (QED) is 0.366. The van der Waals surface area contributed by atoms with Crippen LogP contribution in [0.3, 0.4) is 0 Å². The topological polar surface area (TPSA) is 57.7 Å². The van der Waals surface area contributed by atoms with Gasteiger partial charge in [-0.1, -0.05) is 53.5 Å². The normalized spacial score (nSPS) is 24.8. The summed E-state index contributed by atoms with van der Waals surface area (Å²) in [5, 5.41) is 0.946. The summed E-state index contributed by atoms with van der Waals surface area (Å²) in [5.74, 6) is -2.43. The summed E-state index contributed by atoms with van der Waals surface area (Å²) in [5.41, 5.74) is 2.77. The van der Waals surface area contributed by atoms with Crippen molar-refractivity contribution in [2.45, 2.75) is 12.1 Å². The fraction of sp³-hybridized carbons (Fsp3) is 0.148. The van der Waals surface area contributed by atoms with Crippen LogP contribution in [-0.4, -0.2) is 28.5 Å². The molecule has 4 atom stereocenters. The van der Waals surface area contributed by atoms with Gasteiger partial charge >= 0.3 is 0 Å². The third-order valence-corrected chi connectivity index (χ3v) is 7.41. The molecule has 3 aliphatic heterocycles. The summed E-state index contributed by atoms with van der Waals surface area (Å²) in [6, 6.07) is 19.8. The molecule has 5 nitrogen and oxygen atoms in total. The van der Waals surface area contributed by atoms with Gasteiger partial charge in [0.1, 0.15) is 6.04 Å². The van der Waals surface area contributed by atoms with E-state index in [9.17, 15) is 14.4 Å². The van der Waals surface area contributed by atoms with Crippen LogP contribution in [0.15, 0.2) is 79.0 Å². The molecule has 6 rings (SSSR count). The fourth-order valence-corrected chi connectivity index (χ4v) is 5.82. The number of rotatable bonds is 3. The van der Waals surface area contributed by atoms with Gasteiger partial charge in [0.05, 0.1) is 23.6 Å². The SMILES string of the molecule is O=C(c1ccc(Cl)cc1)[C@@H]1[C@@H]2C(=O)N(c3cccc(Cl)c3)C(=O)[C@@H]2C2c3ccccc3C=CN21. The molecule has 7 heteroatoms. The number of carbonyl (C=O) groups excluding carboxylic acids is 3. The number of carbonyl (C=O) groups is 3. The van der Waals surface area contributed by atoms with Crippen molar-refractivity contribution in [1.82, 2.24) is 4.90 Å². The highest BCUT2D eigenvalue weighted by molar-refractivity contribution is 6.32. The van der Waals surface area contributed by atoms with Gasteiger partial charge in [0, 0.05) is 21.8 Å². The molecule has 0 aliphatic carbocycles. The minimum atomic E-state index is -0.824. The average molecular weight is 489 g/mol. The second-order valence-electron chi connectivity index (χ2n) is 8.70. The van der Waals surface area contributed by atoms with Gasteiger partial charge in [-0.2, -0.15) is 0 Å². The van der Waals surface area contributed by atoms with Gasteiger partial charge in [0.2, 0.25) is 11.8 Å². The Bertz CT molecular complexity index is 1380. The Labute approximate surface area is 206 Å². The van der Waals surface area contributed by atoms with Crippen LogP contribution in [0.25, 0.3) is 6.08 Å². The van der Waals surface area contributed by atoms with Crippen molar-refractivity contribution in [2.75, 3.05) is 4.90 Å². The molecule has 34 heavy (non-hydrogen) atoms. The maximum atomic E-state index is 13.8. The number of ketones is 1. The molecule has 3 aromatic rings. The number of hydrogen-bond donors (Lipinski definition) is 0. The molecule has 0 radical (unpaired) electrons. The Balaban J connectivity index is 1.50. The number of Topliss-reactive ketones (excluding diaryl/α,β-unsaturated/α-hetero) is 1. The van der Waals surface area contributed by atoms with Gasteiger partial charge < -0.3 is 4.90 Å². The molecule has 1 unspecified atom stereocenters. The summed E-state index contributed by atoms with van der Waals surface area (Å²) >= 11 is 12.2. The van der Waals surface area contributed by atoms with Crippen molar-refractivity contribution in [3.63, 3.8) is 0 Å². The molecule has 3 aromatic carbocycles. The molecule has 2 fully saturated rings. The predicted octanol–water partition coefficient (Wildman–Crippen LogP) is 5.39. The van der Waals surface area contributed by atoms with E-state index in [1.165, 1.54) is 4.90 Å². The van der Waals surface area contributed by atoms with E-state index in [0.29, 0.717) is 21.3 Å². The molecule has 3 heterocycles. The van der Waals surface area contributed by atoms with Gasteiger partial charge in [-0.05, 0) is 59.7 Å². The van der Waals surface area contributed by atoms with E-state index in [2.05, 4.69) is 0 Å². The standard InChI is InChI=1S/C27H18Cl2N2O3/c28-17-10-8-16(9-11-17)25(32)24-22-21(23-20-7-2-1-4-15(20)12-13-30(23)24)26(33)31(27(22)34)19-6-3-5-18(29)14-19/h1-14,21-24H/t21-,22+,23?,24-/m0/s1. The monoisotopic (exact) mass is 488 g/mol. The van der Waals surface area contributed by atoms with E-state index in [1.807, 2.05) is 41.4 Å². The van der Waals surface area contributed by atoms with Gasteiger partial charge in [-0.15, -0.1) is 0 Å². The maximum Gasteiger partial charge on any atom is 0.240 e. The molecule has 0 bridgehead atoms. The molecule has 2 saturated heterocycles. The van der Waals surface area contributed by atoms with Crippen LogP contribution in [0.1, 0.15) is 27.5 Å². The number of benzene rings is 3. The van der Waals surface area contributed by atoms with Crippen LogP contribution in [-0.2, 0) is 9.59 Å². The molecule has 0 N–H and O–H groups in total. The van der Waals surface area contributed by atoms with Gasteiger partial charge in [-0.3, -0.25) is 14.4 Å². The summed E-state index contributed by atoms with van der Waals surface area (Å²) in [4.78, 5) is 44.5. The van der Waals surface area contributed by atoms with Crippen LogP contribution in [0.4, 0.5) is 5.69 Å². The zero-order chi connectivity index (χ0) is 23.6. The first-order chi connectivity index (χ1) is 16.5. The summed E-state index contributed by atoms with van der Waals surface area (Å²) in [7, 11) is 0. The van der Waals surface area contributed by atoms with Crippen LogP contribution in [0, 0.1) is 11.8 Å². The smallest absolute Gasteiger partial charge is 0.240 e. The third kappa shape index (κ3) is 3.04. The Morgan fingerprint density at radius 1 is 0.794 bits per heavy atom. The largest absolute Gasteiger partial charge is 0.358 e. The summed E-state index contributed by atoms with van der Waals surface area (Å²) in [6.07, 6.45) is 3.77. The lowest BCUT2D eigenvalue weighted by Crippen LogP contribution is -2.44. The van der Waals surface area contributed by atoms with E-state index in [4.69, 9.17) is 23.2 Å². The molecule has 0 saturated carbocycles. The maximum absolute atomic E-state index is 13.8. The second-order valence-corrected chi connectivity index (χ2v) is 9.57. The van der Waals surface area contributed by atoms with E-state index >= 15 is 0 Å². The van der Waals surface area contributed by atoms with Crippen LogP contribution in [0.2, 0.25) is 10.0 Å². The number of fused-ring (bicyclic) bond motifs is 5. The van der Waals surface area contributed by atoms with Gasteiger partial charge in [0.15, 0.2) is 5.78 Å². The Hall–Kier alpha value is -3.41. The average Bonchev–Trinajstić information content (AvgIpc) is 3.31. The zero-order valence-electron chi connectivity index (χ0n) is 17.8. The van der Waals surface area contributed by atoms with E-state index in [1.54, 1.807) is 48.5 Å². The van der Waals surface area contributed by atoms with Crippen molar-refractivity contribution >= 4 is 52.6 Å². The lowest BCUT2D eigenvalue weighted by Gasteiger charge is -2.35. The fourth-order valence-electron chi connectivity index (χ4n) is 5.51. The molecule has 0 spiro atoms. The summed E-state index contributed by atoms with van der Waals surface area (Å²) < 4.78 is 0. The lowest BCUT2D eigenvalue weighted by atomic mass is 9.83. The van der Waals surface area contributed by atoms with E-state index < -0.39 is 23.9 Å². The first-order valence-electron chi connectivity index (χ1n) is 10.9. The Kier molecular flexibility index (Phi) is 4.87. The number of amides is 2. The molecule has 2 amide bonds. The minimum Gasteiger partial charge on any atom is -0.358 e. The van der Waals surface area contributed by atoms with Crippen molar-refractivity contribution in [3.05, 3.63) is 106 Å². The summed E-state index contributed by atoms with van der Waals surface area (Å²) in [6.45, 7) is 0. The molecular formula is C27H18Cl2N2O3. The van der Waals surface area contributed by atoms with Gasteiger partial charge in [-0.25, -0.2) is 4.90 Å². The number of anilines is 1. The van der Waals surface area contributed by atoms with Crippen molar-refractivity contribution in [1.29, 1.82) is 0 Å². The minimum absolute atomic E-state index is 0.215. The zero-order valence-corrected chi connectivity index (χ0v) is 19.3. The highest BCUT2D eigenvalue weighted by Gasteiger charge is 2.64. The molecule has 3 aliphatic rings. The predicted molar refractivity (Wildman–Crippen MR) is 131 cm³/mol. The highest BCUT2D eigenvalue weighted by atomic mass is 35.5. The second kappa shape index (κ2) is 7.83. The first kappa shape index (κ1) is 21.1. The molecular weight excluding hydrogens is 471 g/mol. The van der Waals surface area contributed by atoms with Crippen molar-refractivity contribution in [2.24, 2.45) is 11.8 Å². The number of hydrogen-bond acceptors (Lipinski definition) is 4. The van der Waals surface area contributed by atoms with E-state index in [0.717, 1.165) is 11.1 Å². The highest BCUT2D eigenvalue weighted by Crippen LogP contribution is 2.53. The Morgan fingerprint density at radius 3 is 2.29 bits per heavy atom. The number of halogens is 2. The number of imide groups is 1. The van der Waals surface area contributed by atoms with Crippen molar-refractivity contribution in [3.8, 4) is 0 Å². The van der Waals surface area contributed by atoms with E-state index in [-0.39, 0.29) is 17.6 Å². The van der Waals surface area contributed by atoms with Crippen LogP contribution >= 0.6 is 23.2 Å². The first-order valence-corrected chi connectivity index (χ1v) is 11.7.